The summed E-state index contributed by atoms with van der Waals surface area (Å²) < 4.78 is 5.30. The van der Waals surface area contributed by atoms with E-state index in [1.807, 2.05) is 48.5 Å². The van der Waals surface area contributed by atoms with Crippen LogP contribution in [0, 0.1) is 0 Å². The van der Waals surface area contributed by atoms with Crippen molar-refractivity contribution >= 4 is 11.6 Å². The van der Waals surface area contributed by atoms with Crippen LogP contribution in [0.15, 0.2) is 66.9 Å². The van der Waals surface area contributed by atoms with Crippen LogP contribution in [-0.4, -0.2) is 17.2 Å². The first-order valence-electron chi connectivity index (χ1n) is 7.22. The van der Waals surface area contributed by atoms with Crippen molar-refractivity contribution in [3.8, 4) is 17.0 Å². The molecule has 0 amide bonds. The summed E-state index contributed by atoms with van der Waals surface area (Å²) in [6.07, 6.45) is 0.877. The van der Waals surface area contributed by atoms with Crippen LogP contribution in [0.1, 0.15) is 17.2 Å². The molecule has 23 heavy (non-hydrogen) atoms. The Bertz CT molecular complexity index is 805. The number of methoxy groups -OCH3 is 1. The van der Waals surface area contributed by atoms with E-state index in [9.17, 15) is 5.11 Å². The Balaban J connectivity index is 2.06. The highest BCUT2D eigenvalue weighted by Gasteiger charge is 2.18. The summed E-state index contributed by atoms with van der Waals surface area (Å²) in [6, 6.07) is 18.9. The molecule has 0 radical (unpaired) electrons. The van der Waals surface area contributed by atoms with Gasteiger partial charge in [-0.1, -0.05) is 54.1 Å². The second-order valence-corrected chi connectivity index (χ2v) is 5.58. The summed E-state index contributed by atoms with van der Waals surface area (Å²) in [4.78, 5) is 4.33. The summed E-state index contributed by atoms with van der Waals surface area (Å²) in [5.74, 6) is 0.400. The van der Waals surface area contributed by atoms with E-state index < -0.39 is 6.10 Å². The molecule has 0 bridgehead atoms. The Morgan fingerprint density at radius 2 is 1.78 bits per heavy atom. The van der Waals surface area contributed by atoms with E-state index in [1.54, 1.807) is 25.4 Å². The molecule has 3 nitrogen and oxygen atoms in total. The third-order valence-corrected chi connectivity index (χ3v) is 3.87. The molecule has 0 saturated heterocycles. The van der Waals surface area contributed by atoms with Crippen LogP contribution in [0.5, 0.6) is 5.88 Å². The lowest BCUT2D eigenvalue weighted by Crippen LogP contribution is -2.04. The molecule has 0 aliphatic carbocycles. The van der Waals surface area contributed by atoms with Gasteiger partial charge in [-0.25, -0.2) is 4.98 Å². The third kappa shape index (κ3) is 3.36. The van der Waals surface area contributed by atoms with Gasteiger partial charge in [0, 0.05) is 22.3 Å². The van der Waals surface area contributed by atoms with Gasteiger partial charge in [0.25, 0.3) is 0 Å². The van der Waals surface area contributed by atoms with Gasteiger partial charge in [0.05, 0.1) is 7.11 Å². The normalized spacial score (nSPS) is 12.0. The Kier molecular flexibility index (Phi) is 4.60. The quantitative estimate of drug-likeness (QED) is 0.768. The highest BCUT2D eigenvalue weighted by atomic mass is 35.5. The van der Waals surface area contributed by atoms with Crippen molar-refractivity contribution in [2.45, 2.75) is 6.10 Å². The first-order chi connectivity index (χ1) is 11.2. The minimum absolute atomic E-state index is 0.400. The van der Waals surface area contributed by atoms with Gasteiger partial charge in [-0.3, -0.25) is 0 Å². The summed E-state index contributed by atoms with van der Waals surface area (Å²) in [5, 5.41) is 11.3. The maximum atomic E-state index is 10.7. The molecule has 3 rings (SSSR count). The van der Waals surface area contributed by atoms with Crippen molar-refractivity contribution in [3.63, 3.8) is 0 Å². The van der Waals surface area contributed by atoms with Crippen molar-refractivity contribution < 1.29 is 9.84 Å². The molecular formula is C19H16ClNO2. The highest BCUT2D eigenvalue weighted by molar-refractivity contribution is 6.30. The zero-order chi connectivity index (χ0) is 16.2. The second kappa shape index (κ2) is 6.82. The van der Waals surface area contributed by atoms with E-state index in [4.69, 9.17) is 16.3 Å². The molecule has 116 valence electrons. The molecule has 4 heteroatoms. The van der Waals surface area contributed by atoms with Crippen LogP contribution in [0.25, 0.3) is 11.1 Å². The number of rotatable bonds is 4. The average molecular weight is 326 g/mol. The van der Waals surface area contributed by atoms with Gasteiger partial charge < -0.3 is 9.84 Å². The number of aliphatic hydroxyl groups excluding tert-OH is 1. The molecule has 2 aromatic carbocycles. The maximum Gasteiger partial charge on any atom is 0.219 e. The largest absolute Gasteiger partial charge is 0.481 e. The predicted molar refractivity (Wildman–Crippen MR) is 91.7 cm³/mol. The van der Waals surface area contributed by atoms with E-state index in [2.05, 4.69) is 4.98 Å². The van der Waals surface area contributed by atoms with Crippen molar-refractivity contribution in [3.05, 3.63) is 83.0 Å². The Morgan fingerprint density at radius 1 is 1.00 bits per heavy atom. The molecule has 1 unspecified atom stereocenters. The first kappa shape index (κ1) is 15.5. The van der Waals surface area contributed by atoms with E-state index >= 15 is 0 Å². The zero-order valence-corrected chi connectivity index (χ0v) is 13.4. The monoisotopic (exact) mass is 325 g/mol. The first-order valence-corrected chi connectivity index (χ1v) is 7.59. The van der Waals surface area contributed by atoms with Gasteiger partial charge in [0.2, 0.25) is 5.88 Å². The zero-order valence-electron chi connectivity index (χ0n) is 12.6. The van der Waals surface area contributed by atoms with Crippen LogP contribution in [0.4, 0.5) is 0 Å². The number of aromatic nitrogens is 1. The maximum absolute atomic E-state index is 10.7. The molecule has 1 N–H and O–H groups in total. The van der Waals surface area contributed by atoms with Crippen LogP contribution in [0.3, 0.4) is 0 Å². The van der Waals surface area contributed by atoms with E-state index in [0.717, 1.165) is 11.1 Å². The summed E-state index contributed by atoms with van der Waals surface area (Å²) >= 11 is 6.02. The number of pyridine rings is 1. The summed E-state index contributed by atoms with van der Waals surface area (Å²) in [6.45, 7) is 0. The smallest absolute Gasteiger partial charge is 0.219 e. The van der Waals surface area contributed by atoms with Gasteiger partial charge in [0.15, 0.2) is 0 Å². The predicted octanol–water partition coefficient (Wildman–Crippen LogP) is 4.49. The summed E-state index contributed by atoms with van der Waals surface area (Å²) in [7, 11) is 1.54. The number of benzene rings is 2. The fourth-order valence-corrected chi connectivity index (χ4v) is 2.68. The fraction of sp³-hybridized carbons (Fsp3) is 0.105. The summed E-state index contributed by atoms with van der Waals surface area (Å²) in [5.41, 5.74) is 3.25. The van der Waals surface area contributed by atoms with Gasteiger partial charge in [-0.05, 0) is 29.3 Å². The Labute approximate surface area is 140 Å². The molecule has 1 aromatic heterocycles. The Morgan fingerprint density at radius 3 is 2.48 bits per heavy atom. The lowest BCUT2D eigenvalue weighted by atomic mass is 9.99. The molecule has 3 aromatic rings. The van der Waals surface area contributed by atoms with Crippen LogP contribution in [-0.2, 0) is 0 Å². The molecule has 0 fully saturated rings. The number of nitrogens with zero attached hydrogens (tertiary/aromatic N) is 1. The van der Waals surface area contributed by atoms with Crippen molar-refractivity contribution in [2.75, 3.05) is 7.11 Å². The molecule has 0 saturated carbocycles. The molecule has 0 spiro atoms. The lowest BCUT2D eigenvalue weighted by molar-refractivity contribution is 0.213. The third-order valence-electron chi connectivity index (χ3n) is 3.64. The molecular weight excluding hydrogens is 310 g/mol. The van der Waals surface area contributed by atoms with Crippen LogP contribution >= 0.6 is 11.6 Å². The van der Waals surface area contributed by atoms with E-state index in [0.29, 0.717) is 22.0 Å². The van der Waals surface area contributed by atoms with Crippen LogP contribution in [0.2, 0.25) is 5.02 Å². The standard InChI is InChI=1S/C19H16ClNO2/c1-23-19-17(18(22)14-8-5-9-16(20)10-14)11-15(12-21-19)13-6-3-2-4-7-13/h2-12,18,22H,1H3. The van der Waals surface area contributed by atoms with Crippen molar-refractivity contribution in [2.24, 2.45) is 0 Å². The molecule has 1 atom stereocenters. The molecule has 0 aliphatic heterocycles. The molecule has 0 aliphatic rings. The van der Waals surface area contributed by atoms with Crippen LogP contribution < -0.4 is 4.74 Å². The fourth-order valence-electron chi connectivity index (χ4n) is 2.48. The number of hydrogen-bond donors (Lipinski definition) is 1. The van der Waals surface area contributed by atoms with E-state index in [1.165, 1.54) is 0 Å². The SMILES string of the molecule is COc1ncc(-c2ccccc2)cc1C(O)c1cccc(Cl)c1. The van der Waals surface area contributed by atoms with Crippen molar-refractivity contribution in [1.82, 2.24) is 4.98 Å². The number of hydrogen-bond acceptors (Lipinski definition) is 3. The van der Waals surface area contributed by atoms with Gasteiger partial charge in [0.1, 0.15) is 6.10 Å². The topological polar surface area (TPSA) is 42.4 Å². The van der Waals surface area contributed by atoms with E-state index in [-0.39, 0.29) is 0 Å². The number of aliphatic hydroxyl groups is 1. The average Bonchev–Trinajstić information content (AvgIpc) is 2.61. The van der Waals surface area contributed by atoms with Gasteiger partial charge >= 0.3 is 0 Å². The molecule has 1 heterocycles. The minimum Gasteiger partial charge on any atom is -0.481 e. The van der Waals surface area contributed by atoms with Gasteiger partial charge in [-0.15, -0.1) is 0 Å². The number of halogens is 1. The second-order valence-electron chi connectivity index (χ2n) is 5.15. The number of ether oxygens (including phenoxy) is 1. The Hall–Kier alpha value is -2.36. The minimum atomic E-state index is -0.861. The highest BCUT2D eigenvalue weighted by Crippen LogP contribution is 2.32. The van der Waals surface area contributed by atoms with Crippen molar-refractivity contribution in [1.29, 1.82) is 0 Å². The van der Waals surface area contributed by atoms with Gasteiger partial charge in [-0.2, -0.15) is 0 Å². The lowest BCUT2D eigenvalue weighted by Gasteiger charge is -2.16.